The van der Waals surface area contributed by atoms with Gasteiger partial charge in [-0.3, -0.25) is 5.10 Å². The maximum Gasteiger partial charge on any atom is 0.0535 e. The van der Waals surface area contributed by atoms with Crippen molar-refractivity contribution in [3.8, 4) is 0 Å². The van der Waals surface area contributed by atoms with Crippen molar-refractivity contribution in [2.24, 2.45) is 11.8 Å². The van der Waals surface area contributed by atoms with Crippen LogP contribution < -0.4 is 5.32 Å². The number of aromatic nitrogens is 2. The molecular formula is C13H23N3. The average Bonchev–Trinajstić information content (AvgIpc) is 2.67. The van der Waals surface area contributed by atoms with Crippen molar-refractivity contribution < 1.29 is 0 Å². The van der Waals surface area contributed by atoms with Gasteiger partial charge in [0.25, 0.3) is 0 Å². The SMILES string of the molecule is Cc1[nH]ncc1CNC1CCCC(C)C1C. The summed E-state index contributed by atoms with van der Waals surface area (Å²) in [5.41, 5.74) is 2.48. The van der Waals surface area contributed by atoms with Gasteiger partial charge < -0.3 is 5.32 Å². The number of aryl methyl sites for hydroxylation is 1. The van der Waals surface area contributed by atoms with Gasteiger partial charge in [-0.15, -0.1) is 0 Å². The zero-order valence-electron chi connectivity index (χ0n) is 10.6. The number of hydrogen-bond acceptors (Lipinski definition) is 2. The van der Waals surface area contributed by atoms with Gasteiger partial charge in [0.1, 0.15) is 0 Å². The maximum atomic E-state index is 4.05. The predicted octanol–water partition coefficient (Wildman–Crippen LogP) is 2.63. The van der Waals surface area contributed by atoms with Gasteiger partial charge in [-0.05, 0) is 25.2 Å². The van der Waals surface area contributed by atoms with Gasteiger partial charge in [0.2, 0.25) is 0 Å². The van der Waals surface area contributed by atoms with E-state index in [1.165, 1.54) is 30.5 Å². The van der Waals surface area contributed by atoms with Gasteiger partial charge in [-0.2, -0.15) is 5.10 Å². The first kappa shape index (κ1) is 11.6. The number of rotatable bonds is 3. The molecule has 2 rings (SSSR count). The van der Waals surface area contributed by atoms with Crippen LogP contribution in [0.25, 0.3) is 0 Å². The molecule has 3 atom stereocenters. The molecule has 0 aliphatic heterocycles. The molecule has 0 saturated heterocycles. The highest BCUT2D eigenvalue weighted by Gasteiger charge is 2.26. The summed E-state index contributed by atoms with van der Waals surface area (Å²) >= 11 is 0. The lowest BCUT2D eigenvalue weighted by atomic mass is 9.78. The fourth-order valence-corrected chi connectivity index (χ4v) is 2.66. The number of nitrogens with zero attached hydrogens (tertiary/aromatic N) is 1. The van der Waals surface area contributed by atoms with Gasteiger partial charge in [-0.1, -0.05) is 26.7 Å². The van der Waals surface area contributed by atoms with Crippen LogP contribution in [0.15, 0.2) is 6.20 Å². The zero-order chi connectivity index (χ0) is 11.5. The van der Waals surface area contributed by atoms with Crippen molar-refractivity contribution in [1.29, 1.82) is 0 Å². The van der Waals surface area contributed by atoms with Crippen LogP contribution in [0.3, 0.4) is 0 Å². The van der Waals surface area contributed by atoms with Crippen molar-refractivity contribution >= 4 is 0 Å². The summed E-state index contributed by atoms with van der Waals surface area (Å²) in [6, 6.07) is 0.679. The number of nitrogens with one attached hydrogen (secondary N) is 2. The fraction of sp³-hybridized carbons (Fsp3) is 0.769. The van der Waals surface area contributed by atoms with Crippen molar-refractivity contribution in [2.45, 2.75) is 52.6 Å². The number of aromatic amines is 1. The smallest absolute Gasteiger partial charge is 0.0535 e. The first-order chi connectivity index (χ1) is 7.68. The second-order valence-corrected chi connectivity index (χ2v) is 5.27. The van der Waals surface area contributed by atoms with Crippen LogP contribution in [0.1, 0.15) is 44.4 Å². The molecule has 1 saturated carbocycles. The lowest BCUT2D eigenvalue weighted by Gasteiger charge is -2.34. The van der Waals surface area contributed by atoms with E-state index in [1.807, 2.05) is 6.20 Å². The summed E-state index contributed by atoms with van der Waals surface area (Å²) in [7, 11) is 0. The Morgan fingerprint density at radius 3 is 2.94 bits per heavy atom. The summed E-state index contributed by atoms with van der Waals surface area (Å²) in [6.07, 6.45) is 6.01. The lowest BCUT2D eigenvalue weighted by Crippen LogP contribution is -2.40. The highest BCUT2D eigenvalue weighted by atomic mass is 15.1. The molecule has 3 nitrogen and oxygen atoms in total. The molecule has 2 N–H and O–H groups in total. The maximum absolute atomic E-state index is 4.05. The molecule has 3 unspecified atom stereocenters. The minimum Gasteiger partial charge on any atom is -0.310 e. The van der Waals surface area contributed by atoms with Crippen molar-refractivity contribution in [3.05, 3.63) is 17.5 Å². The average molecular weight is 221 g/mol. The highest BCUT2D eigenvalue weighted by molar-refractivity contribution is 5.14. The molecule has 1 heterocycles. The van der Waals surface area contributed by atoms with E-state index in [4.69, 9.17) is 0 Å². The van der Waals surface area contributed by atoms with Crippen molar-refractivity contribution in [2.75, 3.05) is 0 Å². The van der Waals surface area contributed by atoms with E-state index >= 15 is 0 Å². The fourth-order valence-electron chi connectivity index (χ4n) is 2.66. The summed E-state index contributed by atoms with van der Waals surface area (Å²) in [5.74, 6) is 1.65. The van der Waals surface area contributed by atoms with Gasteiger partial charge in [-0.25, -0.2) is 0 Å². The second kappa shape index (κ2) is 5.00. The molecule has 1 aromatic rings. The number of H-pyrrole nitrogens is 1. The van der Waals surface area contributed by atoms with E-state index in [0.29, 0.717) is 6.04 Å². The monoisotopic (exact) mass is 221 g/mol. The van der Waals surface area contributed by atoms with E-state index in [2.05, 4.69) is 36.3 Å². The third kappa shape index (κ3) is 2.46. The molecule has 1 fully saturated rings. The van der Waals surface area contributed by atoms with E-state index in [-0.39, 0.29) is 0 Å². The largest absolute Gasteiger partial charge is 0.310 e. The first-order valence-electron chi connectivity index (χ1n) is 6.40. The van der Waals surface area contributed by atoms with E-state index in [1.54, 1.807) is 0 Å². The molecule has 3 heteroatoms. The molecule has 0 spiro atoms. The predicted molar refractivity (Wildman–Crippen MR) is 66.1 cm³/mol. The summed E-state index contributed by atoms with van der Waals surface area (Å²) in [6.45, 7) is 7.78. The van der Waals surface area contributed by atoms with Gasteiger partial charge in [0.05, 0.1) is 6.20 Å². The molecule has 0 amide bonds. The molecule has 16 heavy (non-hydrogen) atoms. The molecule has 1 aliphatic rings. The van der Waals surface area contributed by atoms with E-state index in [9.17, 15) is 0 Å². The third-order valence-corrected chi connectivity index (χ3v) is 4.20. The standard InChI is InChI=1S/C13H23N3/c1-9-5-4-6-13(10(9)2)14-7-12-8-15-16-11(12)3/h8-10,13-14H,4-7H2,1-3H3,(H,15,16). The van der Waals surface area contributed by atoms with Crippen LogP contribution >= 0.6 is 0 Å². The van der Waals surface area contributed by atoms with Gasteiger partial charge in [0, 0.05) is 23.8 Å². The topological polar surface area (TPSA) is 40.7 Å². The van der Waals surface area contributed by atoms with Crippen LogP contribution in [-0.4, -0.2) is 16.2 Å². The zero-order valence-corrected chi connectivity index (χ0v) is 10.6. The highest BCUT2D eigenvalue weighted by Crippen LogP contribution is 2.29. The quantitative estimate of drug-likeness (QED) is 0.823. The van der Waals surface area contributed by atoms with Crippen molar-refractivity contribution in [1.82, 2.24) is 15.5 Å². The molecule has 0 aromatic carbocycles. The summed E-state index contributed by atoms with van der Waals surface area (Å²) in [4.78, 5) is 0. The molecule has 90 valence electrons. The second-order valence-electron chi connectivity index (χ2n) is 5.27. The van der Waals surface area contributed by atoms with E-state index in [0.717, 1.165) is 18.4 Å². The Balaban J connectivity index is 1.88. The van der Waals surface area contributed by atoms with Crippen molar-refractivity contribution in [3.63, 3.8) is 0 Å². The van der Waals surface area contributed by atoms with Crippen LogP contribution in [0.5, 0.6) is 0 Å². The first-order valence-corrected chi connectivity index (χ1v) is 6.40. The van der Waals surface area contributed by atoms with Gasteiger partial charge >= 0.3 is 0 Å². The Morgan fingerprint density at radius 1 is 1.44 bits per heavy atom. The third-order valence-electron chi connectivity index (χ3n) is 4.20. The Hall–Kier alpha value is -0.830. The molecule has 0 bridgehead atoms. The van der Waals surface area contributed by atoms with E-state index < -0.39 is 0 Å². The normalized spacial score (nSPS) is 30.6. The minimum atomic E-state index is 0.679. The van der Waals surface area contributed by atoms with Crippen LogP contribution in [0.2, 0.25) is 0 Å². The molecule has 1 aliphatic carbocycles. The Morgan fingerprint density at radius 2 is 2.25 bits per heavy atom. The Bertz CT molecular complexity index is 332. The lowest BCUT2D eigenvalue weighted by molar-refractivity contribution is 0.206. The molecular weight excluding hydrogens is 198 g/mol. The summed E-state index contributed by atoms with van der Waals surface area (Å²) < 4.78 is 0. The number of hydrogen-bond donors (Lipinski definition) is 2. The molecule has 1 aromatic heterocycles. The van der Waals surface area contributed by atoms with Crippen LogP contribution in [0, 0.1) is 18.8 Å². The molecule has 0 radical (unpaired) electrons. The minimum absolute atomic E-state index is 0.679. The summed E-state index contributed by atoms with van der Waals surface area (Å²) in [5, 5.41) is 10.7. The Kier molecular flexibility index (Phi) is 3.64. The van der Waals surface area contributed by atoms with Crippen LogP contribution in [-0.2, 0) is 6.54 Å². The van der Waals surface area contributed by atoms with Gasteiger partial charge in [0.15, 0.2) is 0 Å². The Labute approximate surface area is 98.0 Å². The van der Waals surface area contributed by atoms with Crippen LogP contribution in [0.4, 0.5) is 0 Å².